The van der Waals surface area contributed by atoms with E-state index >= 15 is 0 Å². The molecule has 2 aromatic rings. The number of hydrogen-bond donors (Lipinski definition) is 2. The Bertz CT molecular complexity index is 662. The summed E-state index contributed by atoms with van der Waals surface area (Å²) in [5, 5.41) is 6.10. The maximum absolute atomic E-state index is 13.6. The molecule has 3 nitrogen and oxygen atoms in total. The molecule has 2 N–H and O–H groups in total. The molecular formula is C14H11Cl2FN2O. The van der Waals surface area contributed by atoms with Crippen LogP contribution in [-0.2, 0) is 0 Å². The number of anilines is 2. The van der Waals surface area contributed by atoms with Crippen molar-refractivity contribution in [2.45, 2.75) is 0 Å². The lowest BCUT2D eigenvalue weighted by Crippen LogP contribution is -2.15. The van der Waals surface area contributed by atoms with Crippen LogP contribution in [0.15, 0.2) is 36.4 Å². The Kier molecular flexibility index (Phi) is 4.47. The van der Waals surface area contributed by atoms with Crippen LogP contribution < -0.4 is 10.6 Å². The molecule has 0 spiro atoms. The Morgan fingerprint density at radius 3 is 2.40 bits per heavy atom. The third-order valence-electron chi connectivity index (χ3n) is 2.67. The Hall–Kier alpha value is -1.78. The molecule has 1 amide bonds. The number of carbonyl (C=O) groups excluding carboxylic acids is 1. The molecule has 0 atom stereocenters. The van der Waals surface area contributed by atoms with Crippen molar-refractivity contribution >= 4 is 40.5 Å². The average Bonchev–Trinajstić information content (AvgIpc) is 2.42. The van der Waals surface area contributed by atoms with Gasteiger partial charge in [-0.1, -0.05) is 23.2 Å². The molecule has 0 aliphatic rings. The Balaban J connectivity index is 2.32. The van der Waals surface area contributed by atoms with Crippen LogP contribution >= 0.6 is 23.2 Å². The number of benzene rings is 2. The molecular weight excluding hydrogens is 302 g/mol. The summed E-state index contributed by atoms with van der Waals surface area (Å²) in [6.45, 7) is 0. The van der Waals surface area contributed by atoms with Crippen molar-refractivity contribution in [2.75, 3.05) is 17.7 Å². The minimum Gasteiger partial charge on any atom is -0.387 e. The summed E-state index contributed by atoms with van der Waals surface area (Å²) in [5.74, 6) is -1.03. The van der Waals surface area contributed by atoms with E-state index in [1.54, 1.807) is 19.2 Å². The molecule has 6 heteroatoms. The summed E-state index contributed by atoms with van der Waals surface area (Å²) < 4.78 is 13.6. The molecule has 0 unspecified atom stereocenters. The van der Waals surface area contributed by atoms with Gasteiger partial charge in [0.25, 0.3) is 5.91 Å². The van der Waals surface area contributed by atoms with Crippen LogP contribution in [0, 0.1) is 5.82 Å². The van der Waals surface area contributed by atoms with Gasteiger partial charge in [-0.15, -0.1) is 0 Å². The van der Waals surface area contributed by atoms with Crippen LogP contribution in [0.4, 0.5) is 15.8 Å². The normalized spacial score (nSPS) is 10.2. The highest BCUT2D eigenvalue weighted by atomic mass is 35.5. The number of nitrogens with one attached hydrogen (secondary N) is 2. The van der Waals surface area contributed by atoms with Crippen molar-refractivity contribution in [3.8, 4) is 0 Å². The summed E-state index contributed by atoms with van der Waals surface area (Å²) in [4.78, 5) is 12.2. The predicted molar refractivity (Wildman–Crippen MR) is 80.4 cm³/mol. The first kappa shape index (κ1) is 14.6. The molecule has 0 radical (unpaired) electrons. The quantitative estimate of drug-likeness (QED) is 0.880. The van der Waals surface area contributed by atoms with Crippen molar-refractivity contribution in [3.63, 3.8) is 0 Å². The Labute approximate surface area is 125 Å². The van der Waals surface area contributed by atoms with E-state index in [1.165, 1.54) is 24.3 Å². The topological polar surface area (TPSA) is 41.1 Å². The molecule has 0 fully saturated rings. The highest BCUT2D eigenvalue weighted by Gasteiger charge is 2.14. The zero-order valence-corrected chi connectivity index (χ0v) is 12.0. The second-order valence-corrected chi connectivity index (χ2v) is 4.89. The zero-order valence-electron chi connectivity index (χ0n) is 10.5. The molecule has 0 saturated heterocycles. The van der Waals surface area contributed by atoms with Gasteiger partial charge in [-0.3, -0.25) is 4.79 Å². The zero-order chi connectivity index (χ0) is 14.7. The lowest BCUT2D eigenvalue weighted by atomic mass is 10.1. The van der Waals surface area contributed by atoms with Crippen molar-refractivity contribution < 1.29 is 9.18 Å². The van der Waals surface area contributed by atoms with Crippen LogP contribution in [0.1, 0.15) is 10.4 Å². The fraction of sp³-hybridized carbons (Fsp3) is 0.0714. The monoisotopic (exact) mass is 312 g/mol. The average molecular weight is 313 g/mol. The van der Waals surface area contributed by atoms with Gasteiger partial charge in [0.1, 0.15) is 5.82 Å². The third kappa shape index (κ3) is 3.21. The number of carbonyl (C=O) groups is 1. The lowest BCUT2D eigenvalue weighted by Gasteiger charge is -2.11. The molecule has 0 saturated carbocycles. The SMILES string of the molecule is CNc1ccc(Cl)cc1C(=O)Nc1cc(Cl)ccc1F. The van der Waals surface area contributed by atoms with Crippen LogP contribution in [0.25, 0.3) is 0 Å². The largest absolute Gasteiger partial charge is 0.387 e. The molecule has 20 heavy (non-hydrogen) atoms. The summed E-state index contributed by atoms with van der Waals surface area (Å²) in [5.41, 5.74) is 0.929. The minimum atomic E-state index is -0.559. The fourth-order valence-electron chi connectivity index (χ4n) is 1.71. The maximum Gasteiger partial charge on any atom is 0.257 e. The van der Waals surface area contributed by atoms with Gasteiger partial charge in [-0.2, -0.15) is 0 Å². The molecule has 2 aromatic carbocycles. The summed E-state index contributed by atoms with van der Waals surface area (Å²) in [6.07, 6.45) is 0. The second-order valence-electron chi connectivity index (χ2n) is 4.02. The third-order valence-corrected chi connectivity index (χ3v) is 3.14. The van der Waals surface area contributed by atoms with E-state index in [-0.39, 0.29) is 5.69 Å². The number of amides is 1. The summed E-state index contributed by atoms with van der Waals surface area (Å²) in [7, 11) is 1.68. The van der Waals surface area contributed by atoms with Crippen LogP contribution in [0.2, 0.25) is 10.0 Å². The smallest absolute Gasteiger partial charge is 0.257 e. The van der Waals surface area contributed by atoms with Crippen molar-refractivity contribution in [1.29, 1.82) is 0 Å². The Morgan fingerprint density at radius 2 is 1.70 bits per heavy atom. The fourth-order valence-corrected chi connectivity index (χ4v) is 2.05. The van der Waals surface area contributed by atoms with E-state index < -0.39 is 11.7 Å². The van der Waals surface area contributed by atoms with Crippen molar-refractivity contribution in [1.82, 2.24) is 0 Å². The first-order valence-corrected chi connectivity index (χ1v) is 6.50. The minimum absolute atomic E-state index is 0.0181. The van der Waals surface area contributed by atoms with Crippen molar-refractivity contribution in [2.24, 2.45) is 0 Å². The van der Waals surface area contributed by atoms with E-state index in [2.05, 4.69) is 10.6 Å². The highest BCUT2D eigenvalue weighted by Crippen LogP contribution is 2.24. The van der Waals surface area contributed by atoms with E-state index in [9.17, 15) is 9.18 Å². The van der Waals surface area contributed by atoms with Gasteiger partial charge in [-0.05, 0) is 36.4 Å². The number of hydrogen-bond acceptors (Lipinski definition) is 2. The van der Waals surface area contributed by atoms with Gasteiger partial charge in [0.15, 0.2) is 0 Å². The van der Waals surface area contributed by atoms with Gasteiger partial charge in [0.05, 0.1) is 11.3 Å². The van der Waals surface area contributed by atoms with Gasteiger partial charge in [-0.25, -0.2) is 4.39 Å². The molecule has 0 aromatic heterocycles. The molecule has 0 aliphatic heterocycles. The van der Waals surface area contributed by atoms with E-state index in [0.29, 0.717) is 21.3 Å². The summed E-state index contributed by atoms with van der Waals surface area (Å²) >= 11 is 11.7. The molecule has 0 aliphatic carbocycles. The van der Waals surface area contributed by atoms with Gasteiger partial charge in [0, 0.05) is 22.8 Å². The number of halogens is 3. The molecule has 0 heterocycles. The molecule has 104 valence electrons. The Morgan fingerprint density at radius 1 is 1.05 bits per heavy atom. The molecule has 2 rings (SSSR count). The van der Waals surface area contributed by atoms with Crippen molar-refractivity contribution in [3.05, 3.63) is 57.8 Å². The first-order valence-electron chi connectivity index (χ1n) is 5.75. The summed E-state index contributed by atoms with van der Waals surface area (Å²) in [6, 6.07) is 8.78. The molecule has 0 bridgehead atoms. The van der Waals surface area contributed by atoms with E-state index in [0.717, 1.165) is 0 Å². The van der Waals surface area contributed by atoms with Crippen LogP contribution in [0.5, 0.6) is 0 Å². The lowest BCUT2D eigenvalue weighted by molar-refractivity contribution is 0.102. The maximum atomic E-state index is 13.6. The van der Waals surface area contributed by atoms with Crippen LogP contribution in [0.3, 0.4) is 0 Å². The highest BCUT2D eigenvalue weighted by molar-refractivity contribution is 6.31. The first-order chi connectivity index (χ1) is 9.51. The van der Waals surface area contributed by atoms with E-state index in [1.807, 2.05) is 0 Å². The van der Waals surface area contributed by atoms with E-state index in [4.69, 9.17) is 23.2 Å². The predicted octanol–water partition coefficient (Wildman–Crippen LogP) is 4.43. The van der Waals surface area contributed by atoms with Gasteiger partial charge >= 0.3 is 0 Å². The standard InChI is InChI=1S/C14H11Cl2FN2O/c1-18-12-5-3-8(15)6-10(12)14(20)19-13-7-9(16)2-4-11(13)17/h2-7,18H,1H3,(H,19,20). The van der Waals surface area contributed by atoms with Gasteiger partial charge in [0.2, 0.25) is 0 Å². The van der Waals surface area contributed by atoms with Crippen LogP contribution in [-0.4, -0.2) is 13.0 Å². The van der Waals surface area contributed by atoms with Gasteiger partial charge < -0.3 is 10.6 Å². The number of rotatable bonds is 3. The second kappa shape index (κ2) is 6.11.